The second-order valence-corrected chi connectivity index (χ2v) is 7.67. The van der Waals surface area contributed by atoms with E-state index in [-0.39, 0.29) is 24.2 Å². The molecule has 0 bridgehead atoms. The van der Waals surface area contributed by atoms with Gasteiger partial charge in [-0.05, 0) is 42.3 Å². The minimum atomic E-state index is -0.459. The molecular formula is C23H26N2O5. The van der Waals surface area contributed by atoms with Gasteiger partial charge < -0.3 is 19.7 Å². The van der Waals surface area contributed by atoms with Gasteiger partial charge in [-0.2, -0.15) is 0 Å². The molecule has 2 aromatic carbocycles. The van der Waals surface area contributed by atoms with E-state index in [1.54, 1.807) is 48.4 Å². The van der Waals surface area contributed by atoms with Crippen LogP contribution in [0.3, 0.4) is 0 Å². The van der Waals surface area contributed by atoms with Gasteiger partial charge in [-0.15, -0.1) is 0 Å². The van der Waals surface area contributed by atoms with Gasteiger partial charge in [-0.3, -0.25) is 9.59 Å². The molecule has 0 aliphatic carbocycles. The third-order valence-corrected chi connectivity index (χ3v) is 4.80. The summed E-state index contributed by atoms with van der Waals surface area (Å²) in [5.74, 6) is -0.273. The number of methoxy groups -OCH3 is 1. The minimum Gasteiger partial charge on any atom is -0.497 e. The molecule has 1 aliphatic heterocycles. The largest absolute Gasteiger partial charge is 0.497 e. The summed E-state index contributed by atoms with van der Waals surface area (Å²) < 4.78 is 10.4. The highest BCUT2D eigenvalue weighted by molar-refractivity contribution is 6.03. The summed E-state index contributed by atoms with van der Waals surface area (Å²) in [6.07, 6.45) is 0.142. The fraction of sp³-hybridized carbons (Fsp3) is 0.348. The van der Waals surface area contributed by atoms with E-state index in [2.05, 4.69) is 5.32 Å². The van der Waals surface area contributed by atoms with Crippen LogP contribution in [0.1, 0.15) is 30.6 Å². The van der Waals surface area contributed by atoms with E-state index < -0.39 is 11.9 Å². The van der Waals surface area contributed by atoms with Gasteiger partial charge in [0.05, 0.1) is 25.2 Å². The third-order valence-electron chi connectivity index (χ3n) is 4.80. The van der Waals surface area contributed by atoms with E-state index in [1.807, 2.05) is 26.0 Å². The van der Waals surface area contributed by atoms with Crippen molar-refractivity contribution >= 4 is 29.2 Å². The predicted octanol–water partition coefficient (Wildman–Crippen LogP) is 3.50. The van der Waals surface area contributed by atoms with E-state index in [4.69, 9.17) is 9.47 Å². The maximum Gasteiger partial charge on any atom is 0.338 e. The smallest absolute Gasteiger partial charge is 0.338 e. The van der Waals surface area contributed by atoms with E-state index in [1.165, 1.54) is 0 Å². The van der Waals surface area contributed by atoms with Gasteiger partial charge in [0.1, 0.15) is 5.75 Å². The van der Waals surface area contributed by atoms with Gasteiger partial charge in [-0.1, -0.05) is 19.9 Å². The van der Waals surface area contributed by atoms with Gasteiger partial charge in [0.2, 0.25) is 11.8 Å². The van der Waals surface area contributed by atoms with Crippen LogP contribution in [0.2, 0.25) is 0 Å². The molecule has 1 N–H and O–H groups in total. The second-order valence-electron chi connectivity index (χ2n) is 7.67. The Balaban J connectivity index is 1.59. The third kappa shape index (κ3) is 5.17. The van der Waals surface area contributed by atoms with Crippen molar-refractivity contribution in [3.63, 3.8) is 0 Å². The zero-order valence-electron chi connectivity index (χ0n) is 17.4. The van der Waals surface area contributed by atoms with Crippen molar-refractivity contribution in [1.29, 1.82) is 0 Å². The van der Waals surface area contributed by atoms with Crippen LogP contribution in [0, 0.1) is 11.8 Å². The predicted molar refractivity (Wildman–Crippen MR) is 114 cm³/mol. The Morgan fingerprint density at radius 3 is 2.57 bits per heavy atom. The Morgan fingerprint density at radius 2 is 1.90 bits per heavy atom. The van der Waals surface area contributed by atoms with Crippen LogP contribution < -0.4 is 15.0 Å². The first-order valence-electron chi connectivity index (χ1n) is 9.90. The Morgan fingerprint density at radius 1 is 1.17 bits per heavy atom. The van der Waals surface area contributed by atoms with Crippen LogP contribution in [0.25, 0.3) is 0 Å². The number of nitrogens with one attached hydrogen (secondary N) is 1. The molecule has 1 aliphatic rings. The van der Waals surface area contributed by atoms with Crippen LogP contribution in [-0.4, -0.2) is 38.0 Å². The van der Waals surface area contributed by atoms with E-state index in [0.29, 0.717) is 35.8 Å². The first-order valence-corrected chi connectivity index (χ1v) is 9.90. The molecule has 158 valence electrons. The van der Waals surface area contributed by atoms with Crippen molar-refractivity contribution in [1.82, 2.24) is 0 Å². The van der Waals surface area contributed by atoms with Gasteiger partial charge >= 0.3 is 5.97 Å². The number of amides is 2. The monoisotopic (exact) mass is 410 g/mol. The summed E-state index contributed by atoms with van der Waals surface area (Å²) in [5.41, 5.74) is 1.69. The minimum absolute atomic E-state index is 0.105. The topological polar surface area (TPSA) is 84.9 Å². The van der Waals surface area contributed by atoms with Gasteiger partial charge in [-0.25, -0.2) is 4.79 Å². The summed E-state index contributed by atoms with van der Waals surface area (Å²) in [6.45, 7) is 4.60. The SMILES string of the molecule is COc1cccc(N2C[C@@H](C(=O)Nc3ccc(C(=O)OCC(C)C)cc3)CC2=O)c1. The highest BCUT2D eigenvalue weighted by atomic mass is 16.5. The number of ether oxygens (including phenoxy) is 2. The summed E-state index contributed by atoms with van der Waals surface area (Å²) in [7, 11) is 1.57. The van der Waals surface area contributed by atoms with Crippen LogP contribution in [0.15, 0.2) is 48.5 Å². The molecule has 7 nitrogen and oxygen atoms in total. The molecule has 0 aromatic heterocycles. The van der Waals surface area contributed by atoms with Crippen molar-refractivity contribution in [2.75, 3.05) is 30.5 Å². The van der Waals surface area contributed by atoms with E-state index >= 15 is 0 Å². The van der Waals surface area contributed by atoms with Crippen molar-refractivity contribution in [3.05, 3.63) is 54.1 Å². The zero-order chi connectivity index (χ0) is 21.7. The lowest BCUT2D eigenvalue weighted by atomic mass is 10.1. The van der Waals surface area contributed by atoms with Gasteiger partial charge in [0.25, 0.3) is 0 Å². The lowest BCUT2D eigenvalue weighted by Gasteiger charge is -2.17. The summed E-state index contributed by atoms with van der Waals surface area (Å²) in [4.78, 5) is 38.7. The molecular weight excluding hydrogens is 384 g/mol. The Bertz CT molecular complexity index is 923. The number of carbonyl (C=O) groups is 3. The standard InChI is InChI=1S/C23H26N2O5/c1-15(2)14-30-23(28)16-7-9-18(10-8-16)24-22(27)17-11-21(26)25(13-17)19-5-4-6-20(12-19)29-3/h4-10,12,15,17H,11,13-14H2,1-3H3,(H,24,27)/t17-/m0/s1. The Labute approximate surface area is 176 Å². The number of rotatable bonds is 7. The molecule has 2 amide bonds. The number of nitrogens with zero attached hydrogens (tertiary/aromatic N) is 1. The molecule has 3 rings (SSSR count). The number of benzene rings is 2. The van der Waals surface area contributed by atoms with E-state index in [0.717, 1.165) is 0 Å². The number of anilines is 2. The molecule has 7 heteroatoms. The van der Waals surface area contributed by atoms with Gasteiger partial charge in [0, 0.05) is 30.4 Å². The second kappa shape index (κ2) is 9.43. The van der Waals surface area contributed by atoms with Gasteiger partial charge in [0.15, 0.2) is 0 Å². The number of hydrogen-bond acceptors (Lipinski definition) is 5. The van der Waals surface area contributed by atoms with Crippen molar-refractivity contribution in [3.8, 4) is 5.75 Å². The molecule has 1 atom stereocenters. The lowest BCUT2D eigenvalue weighted by molar-refractivity contribution is -0.122. The van der Waals surface area contributed by atoms with E-state index in [9.17, 15) is 14.4 Å². The summed E-state index contributed by atoms with van der Waals surface area (Å²) in [6, 6.07) is 13.7. The molecule has 1 saturated heterocycles. The molecule has 0 spiro atoms. The first-order chi connectivity index (χ1) is 14.4. The molecule has 30 heavy (non-hydrogen) atoms. The molecule has 2 aromatic rings. The maximum atomic E-state index is 12.7. The fourth-order valence-electron chi connectivity index (χ4n) is 3.17. The summed E-state index contributed by atoms with van der Waals surface area (Å²) in [5, 5.41) is 2.82. The molecule has 0 radical (unpaired) electrons. The molecule has 1 heterocycles. The molecule has 1 fully saturated rings. The zero-order valence-corrected chi connectivity index (χ0v) is 17.4. The molecule has 0 saturated carbocycles. The lowest BCUT2D eigenvalue weighted by Crippen LogP contribution is -2.28. The number of carbonyl (C=O) groups excluding carboxylic acids is 3. The quantitative estimate of drug-likeness (QED) is 0.706. The first kappa shape index (κ1) is 21.4. The highest BCUT2D eigenvalue weighted by Crippen LogP contribution is 2.28. The number of esters is 1. The van der Waals surface area contributed by atoms with Crippen LogP contribution >= 0.6 is 0 Å². The van der Waals surface area contributed by atoms with Crippen LogP contribution in [-0.2, 0) is 14.3 Å². The van der Waals surface area contributed by atoms with Crippen molar-refractivity contribution < 1.29 is 23.9 Å². The van der Waals surface area contributed by atoms with Crippen LogP contribution in [0.5, 0.6) is 5.75 Å². The van der Waals surface area contributed by atoms with Crippen molar-refractivity contribution in [2.24, 2.45) is 11.8 Å². The Hall–Kier alpha value is -3.35. The fourth-order valence-corrected chi connectivity index (χ4v) is 3.17. The number of hydrogen-bond donors (Lipinski definition) is 1. The Kier molecular flexibility index (Phi) is 6.72. The highest BCUT2D eigenvalue weighted by Gasteiger charge is 2.35. The van der Waals surface area contributed by atoms with Crippen molar-refractivity contribution in [2.45, 2.75) is 20.3 Å². The maximum absolute atomic E-state index is 12.7. The average Bonchev–Trinajstić information content (AvgIpc) is 3.14. The molecule has 0 unspecified atom stereocenters. The summed E-state index contributed by atoms with van der Waals surface area (Å²) >= 11 is 0. The average molecular weight is 410 g/mol. The normalized spacial score (nSPS) is 15.9. The van der Waals surface area contributed by atoms with Crippen LogP contribution in [0.4, 0.5) is 11.4 Å².